The lowest BCUT2D eigenvalue weighted by Crippen LogP contribution is -2.23. The summed E-state index contributed by atoms with van der Waals surface area (Å²) in [5.41, 5.74) is 7.50. The number of amides is 2. The molecule has 4 N–H and O–H groups in total. The highest BCUT2D eigenvalue weighted by Crippen LogP contribution is 2.12. The second kappa shape index (κ2) is 8.79. The van der Waals surface area contributed by atoms with E-state index in [4.69, 9.17) is 5.73 Å². The van der Waals surface area contributed by atoms with Gasteiger partial charge in [-0.15, -0.1) is 0 Å². The minimum atomic E-state index is -0.215. The first kappa shape index (κ1) is 17.6. The molecular weight excluding hydrogens is 304 g/mol. The second-order valence-corrected chi connectivity index (χ2v) is 5.65. The van der Waals surface area contributed by atoms with Crippen molar-refractivity contribution in [3.63, 3.8) is 0 Å². The van der Waals surface area contributed by atoms with E-state index in [1.54, 1.807) is 30.5 Å². The summed E-state index contributed by atoms with van der Waals surface area (Å²) in [6.45, 7) is 2.21. The van der Waals surface area contributed by atoms with Gasteiger partial charge in [-0.1, -0.05) is 12.1 Å². The van der Waals surface area contributed by atoms with Gasteiger partial charge in [-0.3, -0.25) is 14.6 Å². The van der Waals surface area contributed by atoms with Crippen molar-refractivity contribution in [1.82, 2.24) is 10.3 Å². The molecule has 2 amide bonds. The van der Waals surface area contributed by atoms with E-state index in [1.807, 2.05) is 25.1 Å². The molecule has 0 aliphatic rings. The Morgan fingerprint density at radius 2 is 2.04 bits per heavy atom. The van der Waals surface area contributed by atoms with Gasteiger partial charge in [0.15, 0.2) is 0 Å². The van der Waals surface area contributed by atoms with Gasteiger partial charge in [-0.2, -0.15) is 0 Å². The molecule has 0 spiro atoms. The smallest absolute Gasteiger partial charge is 0.251 e. The van der Waals surface area contributed by atoms with E-state index >= 15 is 0 Å². The van der Waals surface area contributed by atoms with E-state index in [9.17, 15) is 9.59 Å². The van der Waals surface area contributed by atoms with Crippen molar-refractivity contribution in [3.05, 3.63) is 59.9 Å². The first-order chi connectivity index (χ1) is 11.5. The van der Waals surface area contributed by atoms with Crippen molar-refractivity contribution in [2.75, 3.05) is 5.32 Å². The minimum Gasteiger partial charge on any atom is -0.346 e. The van der Waals surface area contributed by atoms with Crippen molar-refractivity contribution in [2.45, 2.75) is 32.4 Å². The zero-order valence-corrected chi connectivity index (χ0v) is 13.7. The van der Waals surface area contributed by atoms with E-state index in [-0.39, 0.29) is 17.9 Å². The Labute approximate surface area is 141 Å². The SMILES string of the molecule is CC(N)CCC(=O)Nc1cccc(C(=O)NCc2ccccn2)c1. The summed E-state index contributed by atoms with van der Waals surface area (Å²) in [4.78, 5) is 28.2. The molecule has 1 atom stereocenters. The average Bonchev–Trinajstić information content (AvgIpc) is 2.59. The molecule has 1 heterocycles. The molecule has 1 aromatic carbocycles. The van der Waals surface area contributed by atoms with Crippen molar-refractivity contribution >= 4 is 17.5 Å². The van der Waals surface area contributed by atoms with Crippen LogP contribution < -0.4 is 16.4 Å². The van der Waals surface area contributed by atoms with Crippen LogP contribution in [0.25, 0.3) is 0 Å². The van der Waals surface area contributed by atoms with E-state index in [0.717, 1.165) is 5.69 Å². The van der Waals surface area contributed by atoms with Crippen LogP contribution in [0.15, 0.2) is 48.7 Å². The lowest BCUT2D eigenvalue weighted by molar-refractivity contribution is -0.116. The summed E-state index contributed by atoms with van der Waals surface area (Å²) in [5, 5.41) is 5.58. The highest BCUT2D eigenvalue weighted by atomic mass is 16.2. The number of benzene rings is 1. The highest BCUT2D eigenvalue weighted by molar-refractivity contribution is 5.97. The number of hydrogen-bond acceptors (Lipinski definition) is 4. The molecule has 0 radical (unpaired) electrons. The van der Waals surface area contributed by atoms with Crippen molar-refractivity contribution in [2.24, 2.45) is 5.73 Å². The van der Waals surface area contributed by atoms with E-state index < -0.39 is 0 Å². The summed E-state index contributed by atoms with van der Waals surface area (Å²) >= 11 is 0. The summed E-state index contributed by atoms with van der Waals surface area (Å²) in [5.74, 6) is -0.328. The van der Waals surface area contributed by atoms with Crippen molar-refractivity contribution in [3.8, 4) is 0 Å². The van der Waals surface area contributed by atoms with Gasteiger partial charge >= 0.3 is 0 Å². The van der Waals surface area contributed by atoms with Crippen molar-refractivity contribution < 1.29 is 9.59 Å². The number of rotatable bonds is 7. The van der Waals surface area contributed by atoms with Crippen LogP contribution in [0.1, 0.15) is 35.8 Å². The summed E-state index contributed by atoms with van der Waals surface area (Å²) < 4.78 is 0. The molecule has 0 aliphatic carbocycles. The van der Waals surface area contributed by atoms with Crippen LogP contribution in [-0.2, 0) is 11.3 Å². The lowest BCUT2D eigenvalue weighted by Gasteiger charge is -2.09. The fourth-order valence-corrected chi connectivity index (χ4v) is 2.10. The fourth-order valence-electron chi connectivity index (χ4n) is 2.10. The topological polar surface area (TPSA) is 97.1 Å². The van der Waals surface area contributed by atoms with Gasteiger partial charge in [0, 0.05) is 29.9 Å². The molecule has 6 nitrogen and oxygen atoms in total. The Morgan fingerprint density at radius 1 is 1.21 bits per heavy atom. The van der Waals surface area contributed by atoms with Gasteiger partial charge in [0.05, 0.1) is 12.2 Å². The maximum absolute atomic E-state index is 12.2. The van der Waals surface area contributed by atoms with Crippen molar-refractivity contribution in [1.29, 1.82) is 0 Å². The molecule has 0 saturated carbocycles. The quantitative estimate of drug-likeness (QED) is 0.725. The van der Waals surface area contributed by atoms with E-state index in [2.05, 4.69) is 15.6 Å². The molecule has 2 rings (SSSR count). The average molecular weight is 326 g/mol. The Balaban J connectivity index is 1.91. The molecule has 126 valence electrons. The zero-order chi connectivity index (χ0) is 17.4. The van der Waals surface area contributed by atoms with Crippen LogP contribution >= 0.6 is 0 Å². The van der Waals surface area contributed by atoms with Crippen LogP contribution in [0.3, 0.4) is 0 Å². The molecule has 1 aromatic heterocycles. The Kier molecular flexibility index (Phi) is 6.45. The molecule has 1 unspecified atom stereocenters. The van der Waals surface area contributed by atoms with Crippen LogP contribution in [0.4, 0.5) is 5.69 Å². The molecule has 24 heavy (non-hydrogen) atoms. The highest BCUT2D eigenvalue weighted by Gasteiger charge is 2.08. The van der Waals surface area contributed by atoms with Gasteiger partial charge in [0.25, 0.3) is 5.91 Å². The molecule has 2 aromatic rings. The fraction of sp³-hybridized carbons (Fsp3) is 0.278. The number of aromatic nitrogens is 1. The third-order valence-electron chi connectivity index (χ3n) is 3.39. The Morgan fingerprint density at radius 3 is 2.75 bits per heavy atom. The third kappa shape index (κ3) is 5.81. The monoisotopic (exact) mass is 326 g/mol. The van der Waals surface area contributed by atoms with Crippen LogP contribution in [-0.4, -0.2) is 22.8 Å². The number of hydrogen-bond donors (Lipinski definition) is 3. The summed E-state index contributed by atoms with van der Waals surface area (Å²) in [7, 11) is 0. The van der Waals surface area contributed by atoms with Gasteiger partial charge in [-0.25, -0.2) is 0 Å². The normalized spacial score (nSPS) is 11.6. The summed E-state index contributed by atoms with van der Waals surface area (Å²) in [6.07, 6.45) is 2.66. The van der Waals surface area contributed by atoms with Crippen LogP contribution in [0, 0.1) is 0 Å². The first-order valence-corrected chi connectivity index (χ1v) is 7.88. The number of nitrogens with one attached hydrogen (secondary N) is 2. The number of nitrogens with zero attached hydrogens (tertiary/aromatic N) is 1. The molecular formula is C18H22N4O2. The number of anilines is 1. The third-order valence-corrected chi connectivity index (χ3v) is 3.39. The van der Waals surface area contributed by atoms with E-state index in [1.165, 1.54) is 0 Å². The Hall–Kier alpha value is -2.73. The predicted octanol–water partition coefficient (Wildman–Crippen LogP) is 2.08. The van der Waals surface area contributed by atoms with Gasteiger partial charge in [-0.05, 0) is 43.7 Å². The molecule has 0 bridgehead atoms. The number of carbonyl (C=O) groups excluding carboxylic acids is 2. The Bertz CT molecular complexity index is 686. The maximum Gasteiger partial charge on any atom is 0.251 e. The molecule has 0 saturated heterocycles. The number of nitrogens with two attached hydrogens (primary N) is 1. The zero-order valence-electron chi connectivity index (χ0n) is 13.7. The van der Waals surface area contributed by atoms with Gasteiger partial charge in [0.1, 0.15) is 0 Å². The van der Waals surface area contributed by atoms with Crippen LogP contribution in [0.5, 0.6) is 0 Å². The van der Waals surface area contributed by atoms with E-state index in [0.29, 0.717) is 30.6 Å². The first-order valence-electron chi connectivity index (χ1n) is 7.88. The standard InChI is InChI=1S/C18H22N4O2/c1-13(19)8-9-17(23)22-15-7-4-5-14(11-15)18(24)21-12-16-6-2-3-10-20-16/h2-7,10-11,13H,8-9,12,19H2,1H3,(H,21,24)(H,22,23). The molecule has 0 aliphatic heterocycles. The largest absolute Gasteiger partial charge is 0.346 e. The molecule has 0 fully saturated rings. The molecule has 6 heteroatoms. The summed E-state index contributed by atoms with van der Waals surface area (Å²) in [6, 6.07) is 12.4. The van der Waals surface area contributed by atoms with Crippen LogP contribution in [0.2, 0.25) is 0 Å². The van der Waals surface area contributed by atoms with Gasteiger partial charge < -0.3 is 16.4 Å². The minimum absolute atomic E-state index is 0.0144. The second-order valence-electron chi connectivity index (χ2n) is 5.65. The maximum atomic E-state index is 12.2. The number of pyridine rings is 1. The number of carbonyl (C=O) groups is 2. The lowest BCUT2D eigenvalue weighted by atomic mass is 10.1. The van der Waals surface area contributed by atoms with Gasteiger partial charge in [0.2, 0.25) is 5.91 Å². The predicted molar refractivity (Wildman–Crippen MR) is 93.4 cm³/mol.